The number of hydrogen-bond donors (Lipinski definition) is 2. The van der Waals surface area contributed by atoms with Crippen LogP contribution < -0.4 is 15.0 Å². The standard InChI is InChI=1S/C38H46F2N6O4S/c1-4-27-29(39)10-7-22-17-26(47)18-28(30(22)27)33-31(40)32-34(51-33)35(45-19-23-8-9-24(20-45)41-23)43-36(42-32)49-16-6-13-38-12-5-15-46(38)25(11-14-38)21-50-37(48)44(2)3/h7,10,17-18,23-25,41,47H,4-6,8-9,11-16,19-21H2,1-3H3/t23?,24?,25-,38?/m1/s1. The van der Waals surface area contributed by atoms with Crippen LogP contribution in [0.5, 0.6) is 11.8 Å². The van der Waals surface area contributed by atoms with Gasteiger partial charge < -0.3 is 29.7 Å². The number of thiophene rings is 1. The number of aromatic hydroxyl groups is 1. The molecule has 4 atom stereocenters. The third-order valence-corrected chi connectivity index (χ3v) is 12.7. The predicted molar refractivity (Wildman–Crippen MR) is 195 cm³/mol. The number of aryl methyl sites for hydroxylation is 1. The van der Waals surface area contributed by atoms with Gasteiger partial charge in [0.05, 0.1) is 16.2 Å². The molecule has 0 saturated carbocycles. The molecule has 1 amide bonds. The number of nitrogens with one attached hydrogen (secondary N) is 1. The van der Waals surface area contributed by atoms with Gasteiger partial charge in [0, 0.05) is 56.4 Å². The number of carbonyl (C=O) groups is 1. The van der Waals surface area contributed by atoms with Gasteiger partial charge in [-0.1, -0.05) is 13.0 Å². The predicted octanol–water partition coefficient (Wildman–Crippen LogP) is 6.85. The lowest BCUT2D eigenvalue weighted by atomic mass is 9.89. The molecule has 2 aromatic heterocycles. The van der Waals surface area contributed by atoms with E-state index in [9.17, 15) is 9.90 Å². The number of benzene rings is 2. The second-order valence-electron chi connectivity index (χ2n) is 14.9. The molecule has 2 N–H and O–H groups in total. The minimum Gasteiger partial charge on any atom is -0.508 e. The summed E-state index contributed by atoms with van der Waals surface area (Å²) in [6.07, 6.45) is 8.30. The van der Waals surface area contributed by atoms with E-state index in [1.54, 1.807) is 26.2 Å². The molecule has 4 saturated heterocycles. The van der Waals surface area contributed by atoms with Crippen LogP contribution in [0.4, 0.5) is 19.4 Å². The minimum absolute atomic E-state index is 0.0134. The number of piperazine rings is 1. The van der Waals surface area contributed by atoms with E-state index in [-0.39, 0.29) is 40.8 Å². The van der Waals surface area contributed by atoms with E-state index < -0.39 is 5.82 Å². The maximum Gasteiger partial charge on any atom is 0.409 e. The number of aromatic nitrogens is 2. The molecule has 13 heteroatoms. The van der Waals surface area contributed by atoms with Crippen LogP contribution in [0.25, 0.3) is 31.4 Å². The number of anilines is 1. The molecule has 4 aliphatic rings. The smallest absolute Gasteiger partial charge is 0.409 e. The Kier molecular flexibility index (Phi) is 9.16. The van der Waals surface area contributed by atoms with E-state index in [4.69, 9.17) is 14.5 Å². The summed E-state index contributed by atoms with van der Waals surface area (Å²) in [5.74, 6) is -0.235. The molecule has 0 radical (unpaired) electrons. The highest BCUT2D eigenvalue weighted by molar-refractivity contribution is 7.22. The van der Waals surface area contributed by atoms with Crippen molar-refractivity contribution in [1.29, 1.82) is 0 Å². The summed E-state index contributed by atoms with van der Waals surface area (Å²) >= 11 is 1.25. The average Bonchev–Trinajstić information content (AvgIpc) is 3.87. The number of carbonyl (C=O) groups excluding carboxylic acids is 1. The summed E-state index contributed by atoms with van der Waals surface area (Å²) in [5, 5.41) is 15.6. The Morgan fingerprint density at radius 1 is 1.14 bits per heavy atom. The SMILES string of the molecule is CCc1c(F)ccc2cc(O)cc(-c3sc4c(N5CC6CCC(C5)N6)nc(OCCCC56CCCN5[C@@H](COC(=O)N(C)C)CC6)nc4c3F)c12. The Morgan fingerprint density at radius 2 is 1.94 bits per heavy atom. The first-order chi connectivity index (χ1) is 24.6. The maximum absolute atomic E-state index is 16.8. The molecule has 6 heterocycles. The Labute approximate surface area is 300 Å². The molecule has 272 valence electrons. The van der Waals surface area contributed by atoms with Crippen molar-refractivity contribution in [1.82, 2.24) is 25.1 Å². The first kappa shape index (κ1) is 34.3. The van der Waals surface area contributed by atoms with Crippen molar-refractivity contribution in [3.63, 3.8) is 0 Å². The van der Waals surface area contributed by atoms with Crippen molar-refractivity contribution >= 4 is 44.2 Å². The fourth-order valence-corrected chi connectivity index (χ4v) is 10.3. The minimum atomic E-state index is -0.521. The van der Waals surface area contributed by atoms with Crippen LogP contribution in [-0.2, 0) is 11.2 Å². The van der Waals surface area contributed by atoms with Crippen LogP contribution in [0, 0.1) is 11.6 Å². The van der Waals surface area contributed by atoms with Gasteiger partial charge in [-0.25, -0.2) is 13.6 Å². The van der Waals surface area contributed by atoms with Crippen LogP contribution in [0.2, 0.25) is 0 Å². The normalized spacial score (nSPS) is 24.5. The third-order valence-electron chi connectivity index (χ3n) is 11.5. The lowest BCUT2D eigenvalue weighted by Gasteiger charge is -2.35. The number of ether oxygens (including phenoxy) is 2. The van der Waals surface area contributed by atoms with Crippen LogP contribution in [0.15, 0.2) is 24.3 Å². The van der Waals surface area contributed by atoms with E-state index in [0.717, 1.165) is 71.0 Å². The van der Waals surface area contributed by atoms with E-state index >= 15 is 8.78 Å². The first-order valence-electron chi connectivity index (χ1n) is 18.3. The molecule has 4 aliphatic heterocycles. The number of nitrogens with zero attached hydrogens (tertiary/aromatic N) is 5. The van der Waals surface area contributed by atoms with E-state index in [1.165, 1.54) is 28.4 Å². The maximum atomic E-state index is 16.8. The van der Waals surface area contributed by atoms with Gasteiger partial charge in [0.2, 0.25) is 0 Å². The third kappa shape index (κ3) is 6.24. The fraction of sp³-hybridized carbons (Fsp3) is 0.553. The monoisotopic (exact) mass is 720 g/mol. The molecule has 0 spiro atoms. The molecule has 51 heavy (non-hydrogen) atoms. The molecule has 2 aromatic carbocycles. The van der Waals surface area contributed by atoms with Gasteiger partial charge in [-0.3, -0.25) is 4.90 Å². The zero-order valence-electron chi connectivity index (χ0n) is 29.5. The molecule has 8 rings (SSSR count). The molecule has 0 aliphatic carbocycles. The molecule has 2 bridgehead atoms. The van der Waals surface area contributed by atoms with Gasteiger partial charge in [0.15, 0.2) is 11.6 Å². The number of fused-ring (bicyclic) bond motifs is 5. The molecular formula is C38H46F2N6O4S. The highest BCUT2D eigenvalue weighted by atomic mass is 32.1. The highest BCUT2D eigenvalue weighted by Gasteiger charge is 2.48. The number of phenolic OH excluding ortho intramolecular Hbond substituents is 1. The van der Waals surface area contributed by atoms with Crippen LogP contribution >= 0.6 is 11.3 Å². The van der Waals surface area contributed by atoms with E-state index in [2.05, 4.69) is 20.1 Å². The summed E-state index contributed by atoms with van der Waals surface area (Å²) in [7, 11) is 3.39. The van der Waals surface area contributed by atoms with E-state index in [1.807, 2.05) is 6.92 Å². The van der Waals surface area contributed by atoms with Gasteiger partial charge >= 0.3 is 12.1 Å². The molecule has 4 fully saturated rings. The Balaban J connectivity index is 1.08. The van der Waals surface area contributed by atoms with Crippen molar-refractivity contribution in [2.75, 3.05) is 51.8 Å². The van der Waals surface area contributed by atoms with Crippen molar-refractivity contribution in [3.05, 3.63) is 41.5 Å². The fourth-order valence-electron chi connectivity index (χ4n) is 9.18. The second kappa shape index (κ2) is 13.6. The summed E-state index contributed by atoms with van der Waals surface area (Å²) in [5.41, 5.74) is 1.18. The summed E-state index contributed by atoms with van der Waals surface area (Å²) < 4.78 is 44.2. The molecule has 4 aromatic rings. The Morgan fingerprint density at radius 3 is 2.71 bits per heavy atom. The molecule has 3 unspecified atom stereocenters. The van der Waals surface area contributed by atoms with Crippen LogP contribution in [0.1, 0.15) is 63.9 Å². The zero-order valence-corrected chi connectivity index (χ0v) is 30.3. The van der Waals surface area contributed by atoms with E-state index in [0.29, 0.717) is 69.0 Å². The highest BCUT2D eigenvalue weighted by Crippen LogP contribution is 2.47. The van der Waals surface area contributed by atoms with Gasteiger partial charge in [-0.15, -0.1) is 11.3 Å². The summed E-state index contributed by atoms with van der Waals surface area (Å²) in [6, 6.07) is 7.18. The summed E-state index contributed by atoms with van der Waals surface area (Å²) in [4.78, 5) is 28.2. The summed E-state index contributed by atoms with van der Waals surface area (Å²) in [6.45, 7) is 5.17. The van der Waals surface area contributed by atoms with Crippen molar-refractivity contribution in [2.24, 2.45) is 0 Å². The van der Waals surface area contributed by atoms with Gasteiger partial charge in [0.1, 0.15) is 23.7 Å². The topological polar surface area (TPSA) is 103 Å². The van der Waals surface area contributed by atoms with Crippen LogP contribution in [-0.4, -0.2) is 102 Å². The second-order valence-corrected chi connectivity index (χ2v) is 15.9. The van der Waals surface area contributed by atoms with Gasteiger partial charge in [-0.2, -0.15) is 9.97 Å². The average molecular weight is 721 g/mol. The Hall–Kier alpha value is -3.81. The largest absolute Gasteiger partial charge is 0.508 e. The first-order valence-corrected chi connectivity index (χ1v) is 19.1. The quantitative estimate of drug-likeness (QED) is 0.170. The lowest BCUT2D eigenvalue weighted by Crippen LogP contribution is -2.51. The van der Waals surface area contributed by atoms with Crippen molar-refractivity contribution < 1.29 is 28.2 Å². The number of rotatable bonds is 10. The van der Waals surface area contributed by atoms with Crippen molar-refractivity contribution in [2.45, 2.75) is 88.4 Å². The van der Waals surface area contributed by atoms with Gasteiger partial charge in [-0.05, 0) is 98.9 Å². The van der Waals surface area contributed by atoms with Crippen molar-refractivity contribution in [3.8, 4) is 22.2 Å². The number of halogens is 2. The zero-order chi connectivity index (χ0) is 35.4. The van der Waals surface area contributed by atoms with Crippen LogP contribution in [0.3, 0.4) is 0 Å². The number of amides is 1. The molecule has 10 nitrogen and oxygen atoms in total. The lowest BCUT2D eigenvalue weighted by molar-refractivity contribution is 0.0644. The number of hydrogen-bond acceptors (Lipinski definition) is 10. The van der Waals surface area contributed by atoms with Gasteiger partial charge in [0.25, 0.3) is 0 Å². The Bertz CT molecular complexity index is 1960. The number of phenols is 1. The molecular weight excluding hydrogens is 675 g/mol.